The number of ether oxygens (including phenoxy) is 2. The van der Waals surface area contributed by atoms with Crippen LogP contribution in [-0.2, 0) is 22.6 Å². The quantitative estimate of drug-likeness (QED) is 0.365. The fraction of sp³-hybridized carbons (Fsp3) is 0.450. The van der Waals surface area contributed by atoms with Gasteiger partial charge in [-0.1, -0.05) is 11.6 Å². The first-order valence-corrected chi connectivity index (χ1v) is 10.3. The van der Waals surface area contributed by atoms with Gasteiger partial charge in [-0.05, 0) is 50.1 Å². The lowest BCUT2D eigenvalue weighted by Crippen LogP contribution is -2.31. The van der Waals surface area contributed by atoms with Crippen molar-refractivity contribution in [1.29, 1.82) is 0 Å². The van der Waals surface area contributed by atoms with Gasteiger partial charge in [-0.25, -0.2) is 9.78 Å². The summed E-state index contributed by atoms with van der Waals surface area (Å²) in [7, 11) is 3.04. The smallest absolute Gasteiger partial charge is 0.329 e. The van der Waals surface area contributed by atoms with Crippen molar-refractivity contribution in [3.05, 3.63) is 45.2 Å². The van der Waals surface area contributed by atoms with Crippen LogP contribution in [0.3, 0.4) is 0 Å². The Bertz CT molecular complexity index is 1120. The largest absolute Gasteiger partial charge is 0.390 e. The van der Waals surface area contributed by atoms with E-state index in [4.69, 9.17) is 32.7 Å². The fourth-order valence-electron chi connectivity index (χ4n) is 3.14. The van der Waals surface area contributed by atoms with E-state index in [9.17, 15) is 9.90 Å². The van der Waals surface area contributed by atoms with Gasteiger partial charge in [-0.3, -0.25) is 9.13 Å². The molecule has 11 heteroatoms. The fourth-order valence-corrected chi connectivity index (χ4v) is 3.41. The van der Waals surface area contributed by atoms with Crippen LogP contribution in [0.1, 0.15) is 20.3 Å². The first-order valence-electron chi connectivity index (χ1n) is 9.59. The molecule has 9 nitrogen and oxygen atoms in total. The number of rotatable bonds is 9. The molecule has 0 aliphatic heterocycles. The molecule has 0 radical (unpaired) electrons. The number of anilines is 2. The summed E-state index contributed by atoms with van der Waals surface area (Å²) in [5.74, 6) is 0.352. The van der Waals surface area contributed by atoms with Crippen LogP contribution in [0.15, 0.2) is 29.2 Å². The third-order valence-electron chi connectivity index (χ3n) is 4.80. The van der Waals surface area contributed by atoms with E-state index in [1.54, 1.807) is 29.0 Å². The Balaban J connectivity index is 2.07. The maximum absolute atomic E-state index is 13.2. The number of nitrogens with zero attached hydrogens (tertiary/aromatic N) is 4. The van der Waals surface area contributed by atoms with Crippen molar-refractivity contribution >= 4 is 45.7 Å². The summed E-state index contributed by atoms with van der Waals surface area (Å²) in [6.45, 7) is 3.96. The van der Waals surface area contributed by atoms with E-state index in [2.05, 4.69) is 15.3 Å². The summed E-state index contributed by atoms with van der Waals surface area (Å²) in [6.07, 6.45) is 1.23. The molecule has 168 valence electrons. The second-order valence-corrected chi connectivity index (χ2v) is 8.42. The van der Waals surface area contributed by atoms with E-state index in [0.29, 0.717) is 40.5 Å². The van der Waals surface area contributed by atoms with Crippen LogP contribution in [0.25, 0.3) is 11.0 Å². The third-order valence-corrected chi connectivity index (χ3v) is 5.26. The molecule has 3 rings (SSSR count). The third kappa shape index (κ3) is 5.55. The standard InChI is InChI=1S/C20H25Cl2N5O4/c1-20(2,29)7-8-26-15-9-12(24-17-13(21)10-23-18(22)25-17)5-6-14(15)27(19(26)28)11-16(30-3)31-4/h5-6,9-10,16,29H,7-8,11H2,1-4H3,(H,23,24,25). The van der Waals surface area contributed by atoms with Crippen LogP contribution in [0.5, 0.6) is 0 Å². The minimum absolute atomic E-state index is 0.0615. The Hall–Kier alpha value is -2.17. The highest BCUT2D eigenvalue weighted by atomic mass is 35.5. The second kappa shape index (κ2) is 9.54. The molecule has 2 heterocycles. The van der Waals surface area contributed by atoms with Crippen molar-refractivity contribution < 1.29 is 14.6 Å². The van der Waals surface area contributed by atoms with E-state index >= 15 is 0 Å². The predicted octanol–water partition coefficient (Wildman–Crippen LogP) is 3.42. The van der Waals surface area contributed by atoms with Crippen molar-refractivity contribution in [2.45, 2.75) is 45.2 Å². The predicted molar refractivity (Wildman–Crippen MR) is 120 cm³/mol. The number of aromatic nitrogens is 4. The zero-order valence-electron chi connectivity index (χ0n) is 17.7. The van der Waals surface area contributed by atoms with Crippen molar-refractivity contribution in [1.82, 2.24) is 19.1 Å². The molecule has 2 N–H and O–H groups in total. The zero-order valence-corrected chi connectivity index (χ0v) is 19.2. The van der Waals surface area contributed by atoms with Gasteiger partial charge in [0.2, 0.25) is 5.28 Å². The van der Waals surface area contributed by atoms with Gasteiger partial charge in [0.1, 0.15) is 5.02 Å². The van der Waals surface area contributed by atoms with Gasteiger partial charge < -0.3 is 19.9 Å². The van der Waals surface area contributed by atoms with Crippen molar-refractivity contribution in [3.63, 3.8) is 0 Å². The monoisotopic (exact) mass is 469 g/mol. The van der Waals surface area contributed by atoms with Crippen molar-refractivity contribution in [3.8, 4) is 0 Å². The van der Waals surface area contributed by atoms with Gasteiger partial charge in [0.05, 0.1) is 29.4 Å². The average molecular weight is 470 g/mol. The first kappa shape index (κ1) is 23.5. The molecule has 2 aromatic heterocycles. The maximum atomic E-state index is 13.2. The number of aliphatic hydroxyl groups is 1. The molecular weight excluding hydrogens is 445 g/mol. The molecule has 3 aromatic rings. The lowest BCUT2D eigenvalue weighted by Gasteiger charge is -2.17. The molecule has 1 aromatic carbocycles. The maximum Gasteiger partial charge on any atom is 0.329 e. The van der Waals surface area contributed by atoms with E-state index in [0.717, 1.165) is 0 Å². The molecule has 0 amide bonds. The highest BCUT2D eigenvalue weighted by Crippen LogP contribution is 2.26. The number of imidazole rings is 1. The number of fused-ring (bicyclic) bond motifs is 1. The van der Waals surface area contributed by atoms with Crippen LogP contribution in [0.4, 0.5) is 11.5 Å². The zero-order chi connectivity index (χ0) is 22.8. The Labute approximate surface area is 189 Å². The van der Waals surface area contributed by atoms with Crippen molar-refractivity contribution in [2.75, 3.05) is 19.5 Å². The Morgan fingerprint density at radius 1 is 1.19 bits per heavy atom. The summed E-state index contributed by atoms with van der Waals surface area (Å²) < 4.78 is 13.8. The number of nitrogens with one attached hydrogen (secondary N) is 1. The molecule has 0 spiro atoms. The number of aryl methyl sites for hydroxylation is 1. The summed E-state index contributed by atoms with van der Waals surface area (Å²) in [5, 5.41) is 13.6. The van der Waals surface area contributed by atoms with E-state index in [1.807, 2.05) is 12.1 Å². The number of halogens is 2. The average Bonchev–Trinajstić information content (AvgIpc) is 2.97. The van der Waals surface area contributed by atoms with Gasteiger partial charge in [0.25, 0.3) is 0 Å². The van der Waals surface area contributed by atoms with Gasteiger partial charge in [-0.2, -0.15) is 4.98 Å². The Kier molecular flexibility index (Phi) is 7.23. The summed E-state index contributed by atoms with van der Waals surface area (Å²) >= 11 is 12.0. The Morgan fingerprint density at radius 3 is 2.55 bits per heavy atom. The van der Waals surface area contributed by atoms with Gasteiger partial charge >= 0.3 is 5.69 Å². The van der Waals surface area contributed by atoms with Crippen LogP contribution in [0, 0.1) is 0 Å². The van der Waals surface area contributed by atoms with E-state index in [1.165, 1.54) is 20.4 Å². The molecule has 0 aliphatic rings. The highest BCUT2D eigenvalue weighted by Gasteiger charge is 2.20. The van der Waals surface area contributed by atoms with Crippen LogP contribution < -0.4 is 11.0 Å². The first-order chi connectivity index (χ1) is 14.6. The normalized spacial score (nSPS) is 12.1. The Morgan fingerprint density at radius 2 is 1.90 bits per heavy atom. The van der Waals surface area contributed by atoms with Crippen LogP contribution >= 0.6 is 23.2 Å². The van der Waals surface area contributed by atoms with E-state index < -0.39 is 11.9 Å². The minimum atomic E-state index is -0.920. The molecule has 0 aliphatic carbocycles. The van der Waals surface area contributed by atoms with Gasteiger partial charge in [0.15, 0.2) is 12.1 Å². The molecule has 0 atom stereocenters. The van der Waals surface area contributed by atoms with Crippen LogP contribution in [-0.4, -0.2) is 50.3 Å². The molecule has 0 saturated heterocycles. The molecule has 0 unspecified atom stereocenters. The van der Waals surface area contributed by atoms with Gasteiger partial charge in [0, 0.05) is 26.5 Å². The second-order valence-electron chi connectivity index (χ2n) is 7.67. The SMILES string of the molecule is COC(Cn1c(=O)n(CCC(C)(C)O)c2cc(Nc3nc(Cl)ncc3Cl)ccc21)OC. The molecule has 0 saturated carbocycles. The number of hydrogen-bond donors (Lipinski definition) is 2. The summed E-state index contributed by atoms with van der Waals surface area (Å²) in [5.41, 5.74) is 0.905. The van der Waals surface area contributed by atoms with Gasteiger partial charge in [-0.15, -0.1) is 0 Å². The van der Waals surface area contributed by atoms with Crippen molar-refractivity contribution in [2.24, 2.45) is 0 Å². The lowest BCUT2D eigenvalue weighted by atomic mass is 10.1. The highest BCUT2D eigenvalue weighted by molar-refractivity contribution is 6.33. The summed E-state index contributed by atoms with van der Waals surface area (Å²) in [4.78, 5) is 21.1. The topological polar surface area (TPSA) is 103 Å². The molecule has 0 fully saturated rings. The minimum Gasteiger partial charge on any atom is -0.390 e. The molecule has 31 heavy (non-hydrogen) atoms. The summed E-state index contributed by atoms with van der Waals surface area (Å²) in [6, 6.07) is 5.44. The molecular formula is C20H25Cl2N5O4. The molecule has 0 bridgehead atoms. The number of methoxy groups -OCH3 is 2. The number of hydrogen-bond acceptors (Lipinski definition) is 7. The number of benzene rings is 1. The lowest BCUT2D eigenvalue weighted by molar-refractivity contribution is -0.110. The van der Waals surface area contributed by atoms with Crippen LogP contribution in [0.2, 0.25) is 10.3 Å². The van der Waals surface area contributed by atoms with E-state index in [-0.39, 0.29) is 17.5 Å².